The third kappa shape index (κ3) is 4.96. The van der Waals surface area contributed by atoms with Crippen molar-refractivity contribution in [1.82, 2.24) is 19.9 Å². The molecule has 1 N–H and O–H groups in total. The van der Waals surface area contributed by atoms with Crippen molar-refractivity contribution in [2.75, 3.05) is 11.9 Å². The van der Waals surface area contributed by atoms with Crippen LogP contribution < -0.4 is 10.9 Å². The van der Waals surface area contributed by atoms with Crippen LogP contribution in [-0.4, -0.2) is 44.3 Å². The molecule has 1 heterocycles. The maximum absolute atomic E-state index is 13.0. The second-order valence-corrected chi connectivity index (χ2v) is 7.64. The van der Waals surface area contributed by atoms with Gasteiger partial charge in [-0.1, -0.05) is 36.4 Å². The van der Waals surface area contributed by atoms with Crippen molar-refractivity contribution in [3.8, 4) is 0 Å². The average Bonchev–Trinajstić information content (AvgIpc) is 2.76. The molecule has 162 valence electrons. The molecule has 2 aromatic carbocycles. The van der Waals surface area contributed by atoms with Gasteiger partial charge in [0.2, 0.25) is 11.8 Å². The summed E-state index contributed by atoms with van der Waals surface area (Å²) >= 11 is 0. The molecule has 1 aromatic heterocycles. The van der Waals surface area contributed by atoms with Gasteiger partial charge in [0.25, 0.3) is 5.56 Å². The first kappa shape index (κ1) is 22.1. The van der Waals surface area contributed by atoms with Crippen LogP contribution in [0.5, 0.6) is 0 Å². The Morgan fingerprint density at radius 3 is 2.61 bits per heavy atom. The predicted molar refractivity (Wildman–Crippen MR) is 120 cm³/mol. The number of nitrogens with one attached hydrogen (secondary N) is 1. The largest absolute Gasteiger partial charge is 0.329 e. The summed E-state index contributed by atoms with van der Waals surface area (Å²) in [6.45, 7) is 7.33. The molecular weight excluding hydrogens is 394 g/mol. The van der Waals surface area contributed by atoms with E-state index in [-0.39, 0.29) is 36.5 Å². The van der Waals surface area contributed by atoms with Gasteiger partial charge in [-0.3, -0.25) is 14.4 Å². The molecule has 2 amide bonds. The van der Waals surface area contributed by atoms with Crippen molar-refractivity contribution in [2.24, 2.45) is 0 Å². The Balaban J connectivity index is 1.78. The zero-order valence-electron chi connectivity index (χ0n) is 18.3. The highest BCUT2D eigenvalue weighted by atomic mass is 16.2. The fourth-order valence-corrected chi connectivity index (χ4v) is 3.29. The Hall–Kier alpha value is -3.55. The van der Waals surface area contributed by atoms with E-state index in [1.165, 1.54) is 4.90 Å². The molecule has 0 unspecified atom stereocenters. The lowest BCUT2D eigenvalue weighted by molar-refractivity contribution is -0.137. The molecule has 0 spiro atoms. The summed E-state index contributed by atoms with van der Waals surface area (Å²) in [6, 6.07) is 12.4. The smallest absolute Gasteiger partial charge is 0.278 e. The SMILES string of the molecule is CC[C@H](C)N(CC(=O)Nc1cccc(C)c1C)C(=O)Cn1nnc2ccccc2c1=O. The van der Waals surface area contributed by atoms with Crippen molar-refractivity contribution in [3.63, 3.8) is 0 Å². The second-order valence-electron chi connectivity index (χ2n) is 7.64. The van der Waals surface area contributed by atoms with Crippen LogP contribution >= 0.6 is 0 Å². The van der Waals surface area contributed by atoms with Gasteiger partial charge in [0, 0.05) is 11.7 Å². The molecule has 0 aliphatic carbocycles. The number of aromatic nitrogens is 3. The highest BCUT2D eigenvalue weighted by Gasteiger charge is 2.23. The number of carbonyl (C=O) groups excluding carboxylic acids is 2. The van der Waals surface area contributed by atoms with Crippen LogP contribution in [0.15, 0.2) is 47.3 Å². The van der Waals surface area contributed by atoms with E-state index in [1.54, 1.807) is 24.3 Å². The van der Waals surface area contributed by atoms with E-state index < -0.39 is 0 Å². The first-order valence-electron chi connectivity index (χ1n) is 10.3. The summed E-state index contributed by atoms with van der Waals surface area (Å²) in [4.78, 5) is 39.9. The lowest BCUT2D eigenvalue weighted by Gasteiger charge is -2.28. The molecule has 0 saturated heterocycles. The molecule has 8 heteroatoms. The van der Waals surface area contributed by atoms with Crippen molar-refractivity contribution >= 4 is 28.4 Å². The van der Waals surface area contributed by atoms with Gasteiger partial charge >= 0.3 is 0 Å². The lowest BCUT2D eigenvalue weighted by Crippen LogP contribution is -2.46. The first-order chi connectivity index (χ1) is 14.8. The highest BCUT2D eigenvalue weighted by molar-refractivity contribution is 5.95. The van der Waals surface area contributed by atoms with Crippen LogP contribution in [0.2, 0.25) is 0 Å². The van der Waals surface area contributed by atoms with Crippen molar-refractivity contribution in [3.05, 3.63) is 63.9 Å². The van der Waals surface area contributed by atoms with E-state index >= 15 is 0 Å². The zero-order valence-corrected chi connectivity index (χ0v) is 18.3. The number of anilines is 1. The van der Waals surface area contributed by atoms with Gasteiger partial charge in [0.1, 0.15) is 18.6 Å². The van der Waals surface area contributed by atoms with E-state index in [2.05, 4.69) is 15.6 Å². The molecule has 0 saturated carbocycles. The molecule has 0 fully saturated rings. The van der Waals surface area contributed by atoms with Gasteiger partial charge in [-0.2, -0.15) is 0 Å². The average molecular weight is 422 g/mol. The minimum Gasteiger partial charge on any atom is -0.329 e. The standard InChI is InChI=1S/C23H27N5O3/c1-5-16(3)27(13-21(29)24-19-12-8-9-15(2)17(19)4)22(30)14-28-23(31)18-10-6-7-11-20(18)25-26-28/h6-12,16H,5,13-14H2,1-4H3,(H,24,29)/t16-/m0/s1. The van der Waals surface area contributed by atoms with E-state index in [4.69, 9.17) is 0 Å². The molecule has 0 radical (unpaired) electrons. The van der Waals surface area contributed by atoms with Gasteiger partial charge in [0.05, 0.1) is 5.39 Å². The fraction of sp³-hybridized carbons (Fsp3) is 0.348. The molecule has 3 rings (SSSR count). The monoisotopic (exact) mass is 421 g/mol. The van der Waals surface area contributed by atoms with Crippen LogP contribution in [0, 0.1) is 13.8 Å². The Morgan fingerprint density at radius 1 is 1.13 bits per heavy atom. The first-order valence-corrected chi connectivity index (χ1v) is 10.3. The summed E-state index contributed by atoms with van der Waals surface area (Å²) in [5.74, 6) is -0.656. The Bertz CT molecular complexity index is 1170. The van der Waals surface area contributed by atoms with Crippen LogP contribution in [-0.2, 0) is 16.1 Å². The Kier molecular flexibility index (Phi) is 6.79. The molecular formula is C23H27N5O3. The molecule has 3 aromatic rings. The summed E-state index contributed by atoms with van der Waals surface area (Å²) in [5.41, 5.74) is 2.86. The van der Waals surface area contributed by atoms with Crippen LogP contribution in [0.1, 0.15) is 31.4 Å². The number of fused-ring (bicyclic) bond motifs is 1. The van der Waals surface area contributed by atoms with Crippen molar-refractivity contribution < 1.29 is 9.59 Å². The molecule has 0 aliphatic rings. The molecule has 0 aliphatic heterocycles. The lowest BCUT2D eigenvalue weighted by atomic mass is 10.1. The summed E-state index contributed by atoms with van der Waals surface area (Å²) in [6.07, 6.45) is 0.667. The third-order valence-electron chi connectivity index (χ3n) is 5.55. The quantitative estimate of drug-likeness (QED) is 0.633. The maximum atomic E-state index is 13.0. The Labute approximate surface area is 180 Å². The van der Waals surface area contributed by atoms with Crippen molar-refractivity contribution in [2.45, 2.75) is 46.7 Å². The van der Waals surface area contributed by atoms with Crippen LogP contribution in [0.4, 0.5) is 5.69 Å². The van der Waals surface area contributed by atoms with Gasteiger partial charge in [-0.15, -0.1) is 5.10 Å². The van der Waals surface area contributed by atoms with Crippen molar-refractivity contribution in [1.29, 1.82) is 0 Å². The molecule has 8 nitrogen and oxygen atoms in total. The topological polar surface area (TPSA) is 97.2 Å². The van der Waals surface area contributed by atoms with E-state index in [1.807, 2.05) is 45.9 Å². The number of nitrogens with zero attached hydrogens (tertiary/aromatic N) is 4. The minimum absolute atomic E-state index is 0.114. The van der Waals surface area contributed by atoms with E-state index in [9.17, 15) is 14.4 Å². The van der Waals surface area contributed by atoms with Gasteiger partial charge in [0.15, 0.2) is 0 Å². The second kappa shape index (κ2) is 9.51. The minimum atomic E-state index is -0.386. The summed E-state index contributed by atoms with van der Waals surface area (Å²) in [5, 5.41) is 11.2. The van der Waals surface area contributed by atoms with Gasteiger partial charge in [-0.05, 0) is 56.5 Å². The number of rotatable bonds is 7. The van der Waals surface area contributed by atoms with Crippen LogP contribution in [0.3, 0.4) is 0 Å². The zero-order chi connectivity index (χ0) is 22.5. The summed E-state index contributed by atoms with van der Waals surface area (Å²) in [7, 11) is 0. The van der Waals surface area contributed by atoms with Gasteiger partial charge in [-0.25, -0.2) is 4.68 Å². The molecule has 0 bridgehead atoms. The number of amides is 2. The third-order valence-corrected chi connectivity index (χ3v) is 5.55. The number of hydrogen-bond donors (Lipinski definition) is 1. The number of aryl methyl sites for hydroxylation is 1. The number of benzene rings is 2. The predicted octanol–water partition coefficient (Wildman–Crippen LogP) is 2.67. The normalized spacial score (nSPS) is 11.9. The van der Waals surface area contributed by atoms with E-state index in [0.717, 1.165) is 21.5 Å². The Morgan fingerprint density at radius 2 is 1.87 bits per heavy atom. The fourth-order valence-electron chi connectivity index (χ4n) is 3.29. The highest BCUT2D eigenvalue weighted by Crippen LogP contribution is 2.18. The molecule has 31 heavy (non-hydrogen) atoms. The number of hydrogen-bond acceptors (Lipinski definition) is 5. The maximum Gasteiger partial charge on any atom is 0.278 e. The van der Waals surface area contributed by atoms with Crippen LogP contribution in [0.25, 0.3) is 10.9 Å². The van der Waals surface area contributed by atoms with Gasteiger partial charge < -0.3 is 10.2 Å². The van der Waals surface area contributed by atoms with E-state index in [0.29, 0.717) is 17.3 Å². The summed E-state index contributed by atoms with van der Waals surface area (Å²) < 4.78 is 1.04. The molecule has 1 atom stereocenters. The number of carbonyl (C=O) groups is 2.